The third-order valence-electron chi connectivity index (χ3n) is 3.00. The zero-order chi connectivity index (χ0) is 14.3. The van der Waals surface area contributed by atoms with Crippen LogP contribution in [-0.2, 0) is 10.0 Å². The molecule has 2 N–H and O–H groups in total. The Morgan fingerprint density at radius 1 is 1.21 bits per heavy atom. The first-order valence-electron chi connectivity index (χ1n) is 6.77. The minimum Gasteiger partial charge on any atom is -0.507 e. The second-order valence-corrected chi connectivity index (χ2v) is 6.52. The Balaban J connectivity index is 2.58. The summed E-state index contributed by atoms with van der Waals surface area (Å²) >= 11 is 0. The molecule has 1 aromatic carbocycles. The Labute approximate surface area is 115 Å². The van der Waals surface area contributed by atoms with Crippen LogP contribution in [0.15, 0.2) is 29.2 Å². The molecule has 0 heterocycles. The predicted octanol–water partition coefficient (Wildman–Crippen LogP) is 3.03. The summed E-state index contributed by atoms with van der Waals surface area (Å²) in [6, 6.07) is 5.85. The summed E-state index contributed by atoms with van der Waals surface area (Å²) in [5.74, 6) is -0.215. The summed E-state index contributed by atoms with van der Waals surface area (Å²) in [6.45, 7) is 3.99. The Bertz CT molecular complexity index is 485. The van der Waals surface area contributed by atoms with Crippen molar-refractivity contribution < 1.29 is 13.5 Å². The lowest BCUT2D eigenvalue weighted by atomic mass is 10.1. The minimum atomic E-state index is -3.63. The van der Waals surface area contributed by atoms with Crippen LogP contribution < -0.4 is 4.72 Å². The molecule has 0 amide bonds. The van der Waals surface area contributed by atoms with Crippen molar-refractivity contribution in [3.05, 3.63) is 24.3 Å². The van der Waals surface area contributed by atoms with Gasteiger partial charge in [0, 0.05) is 6.04 Å². The van der Waals surface area contributed by atoms with E-state index in [2.05, 4.69) is 11.6 Å². The van der Waals surface area contributed by atoms with Crippen LogP contribution in [0, 0.1) is 0 Å². The number of phenolic OH excluding ortho intramolecular Hbond substituents is 1. The number of sulfonamides is 1. The fraction of sp³-hybridized carbons (Fsp3) is 0.571. The van der Waals surface area contributed by atoms with Gasteiger partial charge in [0.2, 0.25) is 10.0 Å². The molecule has 0 bridgehead atoms. The molecule has 0 aromatic heterocycles. The molecular formula is C14H23NO3S. The summed E-state index contributed by atoms with van der Waals surface area (Å²) < 4.78 is 26.8. The maximum absolute atomic E-state index is 12.1. The topological polar surface area (TPSA) is 66.4 Å². The van der Waals surface area contributed by atoms with Gasteiger partial charge in [-0.15, -0.1) is 0 Å². The van der Waals surface area contributed by atoms with Crippen molar-refractivity contribution in [3.63, 3.8) is 0 Å². The number of hydrogen-bond donors (Lipinski definition) is 2. The molecule has 108 valence electrons. The maximum Gasteiger partial charge on any atom is 0.244 e. The average Bonchev–Trinajstić information content (AvgIpc) is 2.34. The molecule has 0 aliphatic carbocycles. The SMILES string of the molecule is CCCCCCC(C)NS(=O)(=O)c1ccccc1O. The van der Waals surface area contributed by atoms with Crippen LogP contribution in [0.2, 0.25) is 0 Å². The highest BCUT2D eigenvalue weighted by atomic mass is 32.2. The Hall–Kier alpha value is -1.07. The van der Waals surface area contributed by atoms with Gasteiger partial charge in [-0.1, -0.05) is 44.7 Å². The highest BCUT2D eigenvalue weighted by molar-refractivity contribution is 7.89. The van der Waals surface area contributed by atoms with Gasteiger partial charge < -0.3 is 5.11 Å². The van der Waals surface area contributed by atoms with Crippen molar-refractivity contribution in [1.82, 2.24) is 4.72 Å². The number of rotatable bonds is 8. The van der Waals surface area contributed by atoms with Crippen LogP contribution in [0.25, 0.3) is 0 Å². The molecule has 4 nitrogen and oxygen atoms in total. The number of unbranched alkanes of at least 4 members (excludes halogenated alkanes) is 3. The van der Waals surface area contributed by atoms with E-state index in [0.717, 1.165) is 25.7 Å². The summed E-state index contributed by atoms with van der Waals surface area (Å²) in [5.41, 5.74) is 0. The first-order chi connectivity index (χ1) is 8.97. The summed E-state index contributed by atoms with van der Waals surface area (Å²) in [6.07, 6.45) is 5.29. The molecule has 1 unspecified atom stereocenters. The molecule has 0 aliphatic heterocycles. The molecule has 0 saturated heterocycles. The standard InChI is InChI=1S/C14H23NO3S/c1-3-4-5-6-9-12(2)15-19(17,18)14-11-8-7-10-13(14)16/h7-8,10-12,15-16H,3-6,9H2,1-2H3. The monoisotopic (exact) mass is 285 g/mol. The zero-order valence-corrected chi connectivity index (χ0v) is 12.4. The van der Waals surface area contributed by atoms with Gasteiger partial charge in [0.1, 0.15) is 10.6 Å². The smallest absolute Gasteiger partial charge is 0.244 e. The van der Waals surface area contributed by atoms with Gasteiger partial charge in [-0.25, -0.2) is 13.1 Å². The van der Waals surface area contributed by atoms with Gasteiger partial charge >= 0.3 is 0 Å². The van der Waals surface area contributed by atoms with Crippen LogP contribution in [0.1, 0.15) is 46.0 Å². The Kier molecular flexibility index (Phi) is 6.31. The Morgan fingerprint density at radius 2 is 1.89 bits per heavy atom. The van der Waals surface area contributed by atoms with E-state index in [1.54, 1.807) is 12.1 Å². The van der Waals surface area contributed by atoms with E-state index in [0.29, 0.717) is 0 Å². The van der Waals surface area contributed by atoms with Gasteiger partial charge in [-0.2, -0.15) is 0 Å². The van der Waals surface area contributed by atoms with Crippen LogP contribution in [0.3, 0.4) is 0 Å². The normalized spacial score (nSPS) is 13.4. The molecule has 19 heavy (non-hydrogen) atoms. The van der Waals surface area contributed by atoms with Crippen molar-refractivity contribution in [2.45, 2.75) is 56.9 Å². The number of nitrogens with one attached hydrogen (secondary N) is 1. The van der Waals surface area contributed by atoms with Gasteiger partial charge in [0.05, 0.1) is 0 Å². The molecule has 5 heteroatoms. The molecule has 0 aliphatic rings. The lowest BCUT2D eigenvalue weighted by molar-refractivity contribution is 0.456. The maximum atomic E-state index is 12.1. The second-order valence-electron chi connectivity index (χ2n) is 4.84. The van der Waals surface area contributed by atoms with Crippen LogP contribution in [0.5, 0.6) is 5.75 Å². The molecule has 0 spiro atoms. The van der Waals surface area contributed by atoms with E-state index in [-0.39, 0.29) is 16.7 Å². The van der Waals surface area contributed by atoms with E-state index in [4.69, 9.17) is 0 Å². The van der Waals surface area contributed by atoms with E-state index < -0.39 is 10.0 Å². The highest BCUT2D eigenvalue weighted by Gasteiger charge is 2.20. The number of aromatic hydroxyl groups is 1. The van der Waals surface area contributed by atoms with E-state index in [1.165, 1.54) is 18.6 Å². The van der Waals surface area contributed by atoms with Crippen LogP contribution in [0.4, 0.5) is 0 Å². The first kappa shape index (κ1) is 16.0. The zero-order valence-electron chi connectivity index (χ0n) is 11.6. The molecule has 0 saturated carbocycles. The lowest BCUT2D eigenvalue weighted by Gasteiger charge is -2.14. The fourth-order valence-corrected chi connectivity index (χ4v) is 3.32. The largest absolute Gasteiger partial charge is 0.507 e. The molecule has 0 fully saturated rings. The molecule has 0 radical (unpaired) electrons. The highest BCUT2D eigenvalue weighted by Crippen LogP contribution is 2.21. The number of para-hydroxylation sites is 1. The van der Waals surface area contributed by atoms with Crippen molar-refractivity contribution in [1.29, 1.82) is 0 Å². The van der Waals surface area contributed by atoms with Gasteiger partial charge in [0.15, 0.2) is 0 Å². The average molecular weight is 285 g/mol. The van der Waals surface area contributed by atoms with Crippen molar-refractivity contribution in [2.75, 3.05) is 0 Å². The van der Waals surface area contributed by atoms with Gasteiger partial charge in [-0.3, -0.25) is 0 Å². The third-order valence-corrected chi connectivity index (χ3v) is 4.64. The van der Waals surface area contributed by atoms with Crippen molar-refractivity contribution >= 4 is 10.0 Å². The fourth-order valence-electron chi connectivity index (χ4n) is 1.95. The van der Waals surface area contributed by atoms with Crippen molar-refractivity contribution in [2.24, 2.45) is 0 Å². The van der Waals surface area contributed by atoms with Gasteiger partial charge in [0.25, 0.3) is 0 Å². The second kappa shape index (κ2) is 7.50. The predicted molar refractivity (Wildman–Crippen MR) is 76.6 cm³/mol. The summed E-state index contributed by atoms with van der Waals surface area (Å²) in [5, 5.41) is 9.59. The minimum absolute atomic E-state index is 0.0598. The van der Waals surface area contributed by atoms with Crippen LogP contribution >= 0.6 is 0 Å². The van der Waals surface area contributed by atoms with E-state index in [1.807, 2.05) is 6.92 Å². The summed E-state index contributed by atoms with van der Waals surface area (Å²) in [7, 11) is -3.63. The molecular weight excluding hydrogens is 262 g/mol. The quantitative estimate of drug-likeness (QED) is 0.721. The van der Waals surface area contributed by atoms with E-state index >= 15 is 0 Å². The van der Waals surface area contributed by atoms with Crippen molar-refractivity contribution in [3.8, 4) is 5.75 Å². The molecule has 1 atom stereocenters. The van der Waals surface area contributed by atoms with Gasteiger partial charge in [-0.05, 0) is 25.5 Å². The van der Waals surface area contributed by atoms with E-state index in [9.17, 15) is 13.5 Å². The number of benzene rings is 1. The number of hydrogen-bond acceptors (Lipinski definition) is 3. The molecule has 1 aromatic rings. The van der Waals surface area contributed by atoms with Crippen LogP contribution in [-0.4, -0.2) is 19.6 Å². The Morgan fingerprint density at radius 3 is 2.53 bits per heavy atom. The lowest BCUT2D eigenvalue weighted by Crippen LogP contribution is -2.32. The first-order valence-corrected chi connectivity index (χ1v) is 8.26. The third kappa shape index (κ3) is 5.20. The molecule has 1 rings (SSSR count). The summed E-state index contributed by atoms with van der Waals surface area (Å²) in [4.78, 5) is -0.0598. The number of phenols is 1.